The van der Waals surface area contributed by atoms with Crippen molar-refractivity contribution in [2.75, 3.05) is 13.1 Å². The molecule has 0 atom stereocenters. The molecule has 1 saturated heterocycles. The summed E-state index contributed by atoms with van der Waals surface area (Å²) in [4.78, 5) is 20.7. The van der Waals surface area contributed by atoms with E-state index >= 15 is 0 Å². The average Bonchev–Trinajstić information content (AvgIpc) is 2.46. The van der Waals surface area contributed by atoms with Crippen LogP contribution >= 0.6 is 0 Å². The fourth-order valence-corrected chi connectivity index (χ4v) is 2.80. The Bertz CT molecular complexity index is 703. The molecule has 2 aromatic rings. The standard InChI is InChI=1S/C18H20FN3O/c1-12-7-16(22-13(2)21-12)17(23)8-14-3-5-15(6-4-14)9-18(19)10-20-11-18/h3-7,20H,8-11H2,1-2H3. The minimum Gasteiger partial charge on any atom is -0.310 e. The van der Waals surface area contributed by atoms with Crippen LogP contribution in [0, 0.1) is 13.8 Å². The Kier molecular flexibility index (Phi) is 4.22. The van der Waals surface area contributed by atoms with Gasteiger partial charge in [-0.2, -0.15) is 0 Å². The van der Waals surface area contributed by atoms with Gasteiger partial charge in [-0.15, -0.1) is 0 Å². The number of rotatable bonds is 5. The molecule has 0 spiro atoms. The van der Waals surface area contributed by atoms with E-state index < -0.39 is 5.67 Å². The lowest BCUT2D eigenvalue weighted by atomic mass is 9.90. The topological polar surface area (TPSA) is 54.9 Å². The molecule has 1 aliphatic rings. The normalized spacial score (nSPS) is 16.0. The number of carbonyl (C=O) groups is 1. The van der Waals surface area contributed by atoms with Crippen molar-refractivity contribution in [3.8, 4) is 0 Å². The number of ketones is 1. The zero-order chi connectivity index (χ0) is 16.4. The number of alkyl halides is 1. The summed E-state index contributed by atoms with van der Waals surface area (Å²) in [5, 5.41) is 2.95. The Morgan fingerprint density at radius 2 is 1.83 bits per heavy atom. The molecule has 120 valence electrons. The summed E-state index contributed by atoms with van der Waals surface area (Å²) in [6, 6.07) is 9.30. The fraction of sp³-hybridized carbons (Fsp3) is 0.389. The second-order valence-corrected chi connectivity index (χ2v) is 6.29. The van der Waals surface area contributed by atoms with Crippen molar-refractivity contribution in [1.82, 2.24) is 15.3 Å². The van der Waals surface area contributed by atoms with Crippen LogP contribution in [0.25, 0.3) is 0 Å². The second-order valence-electron chi connectivity index (χ2n) is 6.29. The van der Waals surface area contributed by atoms with Gasteiger partial charge in [-0.1, -0.05) is 24.3 Å². The van der Waals surface area contributed by atoms with Crippen molar-refractivity contribution in [2.45, 2.75) is 32.4 Å². The smallest absolute Gasteiger partial charge is 0.185 e. The van der Waals surface area contributed by atoms with Gasteiger partial charge in [-0.25, -0.2) is 14.4 Å². The molecule has 1 aromatic heterocycles. The van der Waals surface area contributed by atoms with Crippen molar-refractivity contribution >= 4 is 5.78 Å². The van der Waals surface area contributed by atoms with Crippen LogP contribution in [0.5, 0.6) is 0 Å². The summed E-state index contributed by atoms with van der Waals surface area (Å²) in [5.41, 5.74) is 1.99. The predicted molar refractivity (Wildman–Crippen MR) is 86.4 cm³/mol. The number of hydrogen-bond donors (Lipinski definition) is 1. The highest BCUT2D eigenvalue weighted by Gasteiger charge is 2.36. The minimum absolute atomic E-state index is 0.0310. The van der Waals surface area contributed by atoms with Crippen LogP contribution in [-0.2, 0) is 12.8 Å². The Hall–Kier alpha value is -2.14. The molecular formula is C18H20FN3O. The van der Waals surface area contributed by atoms with Crippen LogP contribution in [0.3, 0.4) is 0 Å². The highest BCUT2D eigenvalue weighted by Crippen LogP contribution is 2.22. The molecule has 4 nitrogen and oxygen atoms in total. The van der Waals surface area contributed by atoms with Gasteiger partial charge in [0.05, 0.1) is 0 Å². The van der Waals surface area contributed by atoms with Crippen molar-refractivity contribution in [3.05, 3.63) is 58.7 Å². The molecule has 0 saturated carbocycles. The number of carbonyl (C=O) groups excluding carboxylic acids is 1. The Morgan fingerprint density at radius 1 is 1.17 bits per heavy atom. The molecule has 2 heterocycles. The largest absolute Gasteiger partial charge is 0.310 e. The summed E-state index contributed by atoms with van der Waals surface area (Å²) in [7, 11) is 0. The number of nitrogens with zero attached hydrogens (tertiary/aromatic N) is 2. The number of halogens is 1. The number of hydrogen-bond acceptors (Lipinski definition) is 4. The monoisotopic (exact) mass is 313 g/mol. The van der Waals surface area contributed by atoms with Crippen LogP contribution in [0.15, 0.2) is 30.3 Å². The summed E-state index contributed by atoms with van der Waals surface area (Å²) in [5.74, 6) is 0.572. The van der Waals surface area contributed by atoms with Gasteiger partial charge in [0, 0.05) is 31.6 Å². The van der Waals surface area contributed by atoms with E-state index in [-0.39, 0.29) is 5.78 Å². The summed E-state index contributed by atoms with van der Waals surface area (Å²) in [6.45, 7) is 4.46. The van der Waals surface area contributed by atoms with Gasteiger partial charge in [0.15, 0.2) is 5.78 Å². The number of aromatic nitrogens is 2. The first-order valence-corrected chi connectivity index (χ1v) is 7.76. The number of benzene rings is 1. The molecule has 23 heavy (non-hydrogen) atoms. The molecule has 0 radical (unpaired) electrons. The lowest BCUT2D eigenvalue weighted by Gasteiger charge is -2.35. The molecule has 1 fully saturated rings. The van der Waals surface area contributed by atoms with E-state index in [4.69, 9.17) is 0 Å². The maximum absolute atomic E-state index is 14.1. The van der Waals surface area contributed by atoms with E-state index in [2.05, 4.69) is 15.3 Å². The van der Waals surface area contributed by atoms with Crippen molar-refractivity contribution in [3.63, 3.8) is 0 Å². The minimum atomic E-state index is -1.12. The van der Waals surface area contributed by atoms with Gasteiger partial charge in [0.25, 0.3) is 0 Å². The molecule has 0 bridgehead atoms. The fourth-order valence-electron chi connectivity index (χ4n) is 2.80. The summed E-state index contributed by atoms with van der Waals surface area (Å²) < 4.78 is 14.1. The van der Waals surface area contributed by atoms with E-state index in [1.165, 1.54) is 0 Å². The molecule has 1 aliphatic heterocycles. The molecule has 0 unspecified atom stereocenters. The highest BCUT2D eigenvalue weighted by molar-refractivity contribution is 5.95. The van der Waals surface area contributed by atoms with Crippen molar-refractivity contribution in [1.29, 1.82) is 0 Å². The van der Waals surface area contributed by atoms with Gasteiger partial charge in [-0.3, -0.25) is 4.79 Å². The molecule has 3 rings (SSSR count). The van der Waals surface area contributed by atoms with E-state index in [0.29, 0.717) is 37.4 Å². The van der Waals surface area contributed by atoms with Crippen molar-refractivity contribution < 1.29 is 9.18 Å². The van der Waals surface area contributed by atoms with E-state index in [1.807, 2.05) is 31.2 Å². The zero-order valence-corrected chi connectivity index (χ0v) is 13.4. The molecule has 0 aliphatic carbocycles. The molecule has 1 N–H and O–H groups in total. The molecule has 0 amide bonds. The van der Waals surface area contributed by atoms with Crippen LogP contribution in [-0.4, -0.2) is 34.5 Å². The van der Waals surface area contributed by atoms with Crippen LogP contribution in [0.1, 0.15) is 33.1 Å². The number of Topliss-reactive ketones (excluding diaryl/α,β-unsaturated/α-hetero) is 1. The summed E-state index contributed by atoms with van der Waals surface area (Å²) in [6.07, 6.45) is 0.705. The lowest BCUT2D eigenvalue weighted by molar-refractivity contribution is 0.0911. The maximum atomic E-state index is 14.1. The van der Waals surface area contributed by atoms with E-state index in [1.54, 1.807) is 13.0 Å². The Balaban J connectivity index is 1.66. The van der Waals surface area contributed by atoms with Crippen molar-refractivity contribution in [2.24, 2.45) is 0 Å². The predicted octanol–water partition coefficient (Wildman–Crippen LogP) is 2.37. The quantitative estimate of drug-likeness (QED) is 0.861. The lowest BCUT2D eigenvalue weighted by Crippen LogP contribution is -2.57. The highest BCUT2D eigenvalue weighted by atomic mass is 19.1. The van der Waals surface area contributed by atoms with E-state index in [9.17, 15) is 9.18 Å². The third-order valence-corrected chi connectivity index (χ3v) is 4.04. The van der Waals surface area contributed by atoms with Gasteiger partial charge in [-0.05, 0) is 31.0 Å². The Labute approximate surface area is 135 Å². The van der Waals surface area contributed by atoms with E-state index in [0.717, 1.165) is 16.8 Å². The van der Waals surface area contributed by atoms with Gasteiger partial charge >= 0.3 is 0 Å². The van der Waals surface area contributed by atoms with Crippen LogP contribution in [0.2, 0.25) is 0 Å². The number of nitrogens with one attached hydrogen (secondary N) is 1. The van der Waals surface area contributed by atoms with Gasteiger partial charge in [0.2, 0.25) is 0 Å². The van der Waals surface area contributed by atoms with Gasteiger partial charge < -0.3 is 5.32 Å². The van der Waals surface area contributed by atoms with Crippen LogP contribution < -0.4 is 5.32 Å². The van der Waals surface area contributed by atoms with Gasteiger partial charge in [0.1, 0.15) is 17.2 Å². The molecule has 5 heteroatoms. The third kappa shape index (κ3) is 3.79. The maximum Gasteiger partial charge on any atom is 0.185 e. The first kappa shape index (κ1) is 15.7. The first-order chi connectivity index (χ1) is 10.9. The summed E-state index contributed by atoms with van der Waals surface area (Å²) >= 11 is 0. The number of aryl methyl sites for hydroxylation is 2. The van der Waals surface area contributed by atoms with Crippen LogP contribution in [0.4, 0.5) is 4.39 Å². The average molecular weight is 313 g/mol. The molecule has 1 aromatic carbocycles. The SMILES string of the molecule is Cc1cc(C(=O)Cc2ccc(CC3(F)CNC3)cc2)nc(C)n1. The first-order valence-electron chi connectivity index (χ1n) is 7.76. The molecular weight excluding hydrogens is 293 g/mol. The second kappa shape index (κ2) is 6.16. The Morgan fingerprint density at radius 3 is 2.39 bits per heavy atom. The zero-order valence-electron chi connectivity index (χ0n) is 13.4. The third-order valence-electron chi connectivity index (χ3n) is 4.04.